The van der Waals surface area contributed by atoms with E-state index in [2.05, 4.69) is 43.9 Å². The van der Waals surface area contributed by atoms with Gasteiger partial charge in [0.25, 0.3) is 5.91 Å². The van der Waals surface area contributed by atoms with Crippen molar-refractivity contribution < 1.29 is 24.5 Å². The topological polar surface area (TPSA) is 95.9 Å². The molecule has 186 valence electrons. The van der Waals surface area contributed by atoms with Crippen LogP contribution < -0.4 is 10.1 Å². The summed E-state index contributed by atoms with van der Waals surface area (Å²) in [4.78, 5) is 24.3. The highest BCUT2D eigenvalue weighted by atomic mass is 32.1. The predicted molar refractivity (Wildman–Crippen MR) is 141 cm³/mol. The number of hydrogen-bond acceptors (Lipinski definition) is 5. The Kier molecular flexibility index (Phi) is 8.35. The van der Waals surface area contributed by atoms with Gasteiger partial charge in [0, 0.05) is 20.6 Å². The SMILES string of the molecule is C=C(C)C(O)COc1ccc(C(CC)(CC)c2cc3cc(C(=O)NCC(=O)O)ccc3s2)cc1C. The van der Waals surface area contributed by atoms with Crippen molar-refractivity contribution in [1.82, 2.24) is 5.32 Å². The van der Waals surface area contributed by atoms with Gasteiger partial charge in [0.05, 0.1) is 0 Å². The smallest absolute Gasteiger partial charge is 0.322 e. The summed E-state index contributed by atoms with van der Waals surface area (Å²) in [6.45, 7) is 11.7. The molecule has 6 nitrogen and oxygen atoms in total. The van der Waals surface area contributed by atoms with Crippen molar-refractivity contribution in [1.29, 1.82) is 0 Å². The zero-order valence-electron chi connectivity index (χ0n) is 20.7. The van der Waals surface area contributed by atoms with Gasteiger partial charge < -0.3 is 20.3 Å². The van der Waals surface area contributed by atoms with Crippen LogP contribution in [0.4, 0.5) is 0 Å². The Bertz CT molecular complexity index is 1240. The second kappa shape index (κ2) is 11.1. The average molecular weight is 496 g/mol. The number of ether oxygens (including phenoxy) is 1. The van der Waals surface area contributed by atoms with Crippen molar-refractivity contribution in [2.45, 2.75) is 52.1 Å². The molecule has 1 heterocycles. The van der Waals surface area contributed by atoms with Crippen LogP contribution in [-0.2, 0) is 10.2 Å². The largest absolute Gasteiger partial charge is 0.490 e. The van der Waals surface area contributed by atoms with Crippen molar-refractivity contribution in [2.24, 2.45) is 0 Å². The summed E-state index contributed by atoms with van der Waals surface area (Å²) in [5.74, 6) is -0.738. The Morgan fingerprint density at radius 3 is 2.46 bits per heavy atom. The normalized spacial score (nSPS) is 12.4. The van der Waals surface area contributed by atoms with Gasteiger partial charge in [-0.2, -0.15) is 0 Å². The number of carboxylic acid groups (broad SMARTS) is 1. The van der Waals surface area contributed by atoms with Crippen LogP contribution in [0.2, 0.25) is 0 Å². The summed E-state index contributed by atoms with van der Waals surface area (Å²) in [7, 11) is 0. The Morgan fingerprint density at radius 2 is 1.86 bits per heavy atom. The lowest BCUT2D eigenvalue weighted by Crippen LogP contribution is -2.29. The van der Waals surface area contributed by atoms with Crippen molar-refractivity contribution in [2.75, 3.05) is 13.2 Å². The van der Waals surface area contributed by atoms with E-state index in [-0.39, 0.29) is 12.0 Å². The Hall–Kier alpha value is -3.16. The Morgan fingerprint density at radius 1 is 1.14 bits per heavy atom. The molecule has 1 unspecified atom stereocenters. The minimum absolute atomic E-state index is 0.168. The standard InChI is InChI=1S/C28H33NO5S/c1-6-28(7-2,21-9-10-23(18(5)12-21)34-16-22(30)17(3)4)25-14-20-13-19(8-11-24(20)35-25)27(33)29-15-26(31)32/h8-14,22,30H,3,6-7,15-16H2,1-2,4-5H3,(H,29,33)(H,31,32). The van der Waals surface area contributed by atoms with Gasteiger partial charge in [-0.25, -0.2) is 0 Å². The minimum Gasteiger partial charge on any atom is -0.490 e. The quantitative estimate of drug-likeness (QED) is 0.308. The van der Waals surface area contributed by atoms with Gasteiger partial charge in [0.1, 0.15) is 25.0 Å². The molecule has 1 aromatic heterocycles. The number of aryl methyl sites for hydroxylation is 1. The molecule has 35 heavy (non-hydrogen) atoms. The third-order valence-electron chi connectivity index (χ3n) is 6.55. The first-order valence-electron chi connectivity index (χ1n) is 11.7. The summed E-state index contributed by atoms with van der Waals surface area (Å²) in [6.07, 6.45) is 1.10. The van der Waals surface area contributed by atoms with E-state index in [1.54, 1.807) is 24.3 Å². The van der Waals surface area contributed by atoms with E-state index in [0.29, 0.717) is 11.1 Å². The number of carbonyl (C=O) groups excluding carboxylic acids is 1. The molecule has 0 spiro atoms. The number of amides is 1. The van der Waals surface area contributed by atoms with Crippen LogP contribution in [-0.4, -0.2) is 41.3 Å². The molecule has 0 radical (unpaired) electrons. The highest BCUT2D eigenvalue weighted by molar-refractivity contribution is 7.19. The van der Waals surface area contributed by atoms with Crippen LogP contribution in [0.25, 0.3) is 10.1 Å². The van der Waals surface area contributed by atoms with Crippen molar-refractivity contribution >= 4 is 33.3 Å². The molecule has 1 atom stereocenters. The summed E-state index contributed by atoms with van der Waals surface area (Å²) in [5, 5.41) is 22.2. The zero-order chi connectivity index (χ0) is 25.8. The first kappa shape index (κ1) is 26.4. The summed E-state index contributed by atoms with van der Waals surface area (Å²) < 4.78 is 6.91. The predicted octanol–water partition coefficient (Wildman–Crippen LogP) is 5.45. The summed E-state index contributed by atoms with van der Waals surface area (Å²) in [6, 6.07) is 13.8. The molecule has 0 fully saturated rings. The molecule has 0 bridgehead atoms. The van der Waals surface area contributed by atoms with Gasteiger partial charge in [-0.1, -0.05) is 32.6 Å². The minimum atomic E-state index is -1.08. The number of nitrogens with one attached hydrogen (secondary N) is 1. The number of fused-ring (bicyclic) bond motifs is 1. The van der Waals surface area contributed by atoms with Crippen molar-refractivity contribution in [3.8, 4) is 5.75 Å². The number of rotatable bonds is 11. The number of thiophene rings is 1. The molecule has 3 N–H and O–H groups in total. The molecule has 2 aromatic carbocycles. The number of aliphatic hydroxyl groups is 1. The fourth-order valence-electron chi connectivity index (χ4n) is 4.25. The van der Waals surface area contributed by atoms with Crippen LogP contribution in [0.5, 0.6) is 5.75 Å². The number of aliphatic hydroxyl groups excluding tert-OH is 1. The number of aliphatic carboxylic acids is 1. The maximum atomic E-state index is 12.3. The molecule has 0 aliphatic heterocycles. The Balaban J connectivity index is 1.93. The van der Waals surface area contributed by atoms with Gasteiger partial charge in [-0.05, 0) is 79.1 Å². The second-order valence-electron chi connectivity index (χ2n) is 8.88. The molecule has 1 amide bonds. The number of benzene rings is 2. The monoisotopic (exact) mass is 495 g/mol. The summed E-state index contributed by atoms with van der Waals surface area (Å²) >= 11 is 1.71. The fourth-order valence-corrected chi connectivity index (χ4v) is 5.64. The van der Waals surface area contributed by atoms with Crippen molar-refractivity contribution in [3.63, 3.8) is 0 Å². The lowest BCUT2D eigenvalue weighted by atomic mass is 9.74. The highest BCUT2D eigenvalue weighted by Crippen LogP contribution is 2.45. The van der Waals surface area contributed by atoms with E-state index in [0.717, 1.165) is 34.2 Å². The van der Waals surface area contributed by atoms with E-state index < -0.39 is 24.5 Å². The molecule has 0 aliphatic rings. The first-order chi connectivity index (χ1) is 16.6. The van der Waals surface area contributed by atoms with E-state index in [1.807, 2.05) is 25.1 Å². The van der Waals surface area contributed by atoms with Gasteiger partial charge in [0.2, 0.25) is 0 Å². The lowest BCUT2D eigenvalue weighted by Gasteiger charge is -2.32. The second-order valence-corrected chi connectivity index (χ2v) is 9.97. The van der Waals surface area contributed by atoms with Crippen LogP contribution >= 0.6 is 11.3 Å². The van der Waals surface area contributed by atoms with E-state index in [1.165, 1.54) is 10.4 Å². The molecular formula is C28H33NO5S. The molecule has 0 saturated carbocycles. The van der Waals surface area contributed by atoms with Crippen molar-refractivity contribution in [3.05, 3.63) is 76.2 Å². The van der Waals surface area contributed by atoms with Crippen LogP contribution in [0.3, 0.4) is 0 Å². The third kappa shape index (κ3) is 5.74. The number of carbonyl (C=O) groups is 2. The maximum absolute atomic E-state index is 12.3. The number of carboxylic acids is 1. The molecule has 3 rings (SSSR count). The van der Waals surface area contributed by atoms with E-state index >= 15 is 0 Å². The van der Waals surface area contributed by atoms with E-state index in [4.69, 9.17) is 9.84 Å². The molecule has 7 heteroatoms. The molecule has 0 saturated heterocycles. The zero-order valence-corrected chi connectivity index (χ0v) is 21.5. The first-order valence-corrected chi connectivity index (χ1v) is 12.5. The maximum Gasteiger partial charge on any atom is 0.322 e. The number of hydrogen-bond donors (Lipinski definition) is 3. The average Bonchev–Trinajstić information content (AvgIpc) is 3.26. The van der Waals surface area contributed by atoms with Crippen LogP contribution in [0, 0.1) is 6.92 Å². The van der Waals surface area contributed by atoms with Gasteiger partial charge in [-0.3, -0.25) is 9.59 Å². The van der Waals surface area contributed by atoms with Gasteiger partial charge in [0.15, 0.2) is 0 Å². The molecular weight excluding hydrogens is 462 g/mol. The van der Waals surface area contributed by atoms with Gasteiger partial charge in [-0.15, -0.1) is 11.3 Å². The molecule has 0 aliphatic carbocycles. The fraction of sp³-hybridized carbons (Fsp3) is 0.357. The highest BCUT2D eigenvalue weighted by Gasteiger charge is 2.33. The van der Waals surface area contributed by atoms with Crippen LogP contribution in [0.1, 0.15) is 60.0 Å². The van der Waals surface area contributed by atoms with Crippen LogP contribution in [0.15, 0.2) is 54.6 Å². The third-order valence-corrected chi connectivity index (χ3v) is 7.87. The van der Waals surface area contributed by atoms with E-state index in [9.17, 15) is 14.7 Å². The Labute approximate surface area is 210 Å². The van der Waals surface area contributed by atoms with Gasteiger partial charge >= 0.3 is 5.97 Å². The lowest BCUT2D eigenvalue weighted by molar-refractivity contribution is -0.135. The molecule has 3 aromatic rings. The summed E-state index contributed by atoms with van der Waals surface area (Å²) in [5.41, 5.74) is 3.11.